The number of rotatable bonds is 4. The first kappa shape index (κ1) is 14.7. The minimum atomic E-state index is -0.164. The van der Waals surface area contributed by atoms with Gasteiger partial charge in [-0.25, -0.2) is 9.97 Å². The Kier molecular flexibility index (Phi) is 4.54. The lowest BCUT2D eigenvalue weighted by Gasteiger charge is -2.20. The van der Waals surface area contributed by atoms with Gasteiger partial charge in [-0.05, 0) is 33.6 Å². The molecule has 0 spiro atoms. The largest absolute Gasteiger partial charge is 0.376 e. The molecular formula is C14H22N4O2. The van der Waals surface area contributed by atoms with Gasteiger partial charge in [0, 0.05) is 31.1 Å². The molecule has 20 heavy (non-hydrogen) atoms. The zero-order valence-corrected chi connectivity index (χ0v) is 12.3. The lowest BCUT2D eigenvalue weighted by Crippen LogP contribution is -2.32. The van der Waals surface area contributed by atoms with E-state index in [0.29, 0.717) is 18.1 Å². The zero-order valence-electron chi connectivity index (χ0n) is 12.3. The highest BCUT2D eigenvalue weighted by molar-refractivity contribution is 5.93. The maximum atomic E-state index is 11.9. The van der Waals surface area contributed by atoms with E-state index in [-0.39, 0.29) is 17.6 Å². The summed E-state index contributed by atoms with van der Waals surface area (Å²) in [6.07, 6.45) is 5.28. The maximum Gasteiger partial charge on any atom is 0.254 e. The molecule has 6 heteroatoms. The van der Waals surface area contributed by atoms with E-state index < -0.39 is 0 Å². The van der Waals surface area contributed by atoms with Crippen LogP contribution in [0.25, 0.3) is 0 Å². The monoisotopic (exact) mass is 278 g/mol. The number of amides is 1. The van der Waals surface area contributed by atoms with Gasteiger partial charge >= 0.3 is 0 Å². The van der Waals surface area contributed by atoms with Crippen molar-refractivity contribution in [2.45, 2.75) is 45.3 Å². The second-order valence-corrected chi connectivity index (χ2v) is 6.02. The molecule has 1 unspecified atom stereocenters. The van der Waals surface area contributed by atoms with Gasteiger partial charge in [0.25, 0.3) is 5.91 Å². The lowest BCUT2D eigenvalue weighted by atomic mass is 10.1. The summed E-state index contributed by atoms with van der Waals surface area (Å²) >= 11 is 0. The molecule has 1 atom stereocenters. The van der Waals surface area contributed by atoms with Gasteiger partial charge in [0.1, 0.15) is 0 Å². The summed E-state index contributed by atoms with van der Waals surface area (Å²) in [6.45, 7) is 7.41. The van der Waals surface area contributed by atoms with E-state index in [9.17, 15) is 4.79 Å². The molecule has 0 radical (unpaired) electrons. The summed E-state index contributed by atoms with van der Waals surface area (Å²) in [5.74, 6) is 0.357. The maximum absolute atomic E-state index is 11.9. The third kappa shape index (κ3) is 4.45. The molecule has 1 saturated heterocycles. The summed E-state index contributed by atoms with van der Waals surface area (Å²) < 4.78 is 5.46. The second kappa shape index (κ2) is 6.17. The second-order valence-electron chi connectivity index (χ2n) is 6.02. The van der Waals surface area contributed by atoms with E-state index in [1.807, 2.05) is 20.8 Å². The number of nitrogens with one attached hydrogen (secondary N) is 2. The normalized spacial score (nSPS) is 18.9. The summed E-state index contributed by atoms with van der Waals surface area (Å²) in [6, 6.07) is 0. The topological polar surface area (TPSA) is 76.1 Å². The Morgan fingerprint density at radius 2 is 2.10 bits per heavy atom. The summed E-state index contributed by atoms with van der Waals surface area (Å²) in [4.78, 5) is 20.2. The molecule has 2 rings (SSSR count). The van der Waals surface area contributed by atoms with E-state index >= 15 is 0 Å². The van der Waals surface area contributed by atoms with Gasteiger partial charge in [0.05, 0.1) is 11.7 Å². The molecule has 0 saturated carbocycles. The Labute approximate surface area is 119 Å². The highest BCUT2D eigenvalue weighted by Gasteiger charge is 2.17. The quantitative estimate of drug-likeness (QED) is 0.875. The van der Waals surface area contributed by atoms with Gasteiger partial charge in [0.15, 0.2) is 0 Å². The van der Waals surface area contributed by atoms with Crippen LogP contribution in [0.15, 0.2) is 12.4 Å². The molecule has 0 bridgehead atoms. The molecule has 2 N–H and O–H groups in total. The average Bonchev–Trinajstić information content (AvgIpc) is 2.88. The highest BCUT2D eigenvalue weighted by Crippen LogP contribution is 2.11. The minimum Gasteiger partial charge on any atom is -0.376 e. The highest BCUT2D eigenvalue weighted by atomic mass is 16.5. The predicted molar refractivity (Wildman–Crippen MR) is 76.7 cm³/mol. The fraction of sp³-hybridized carbons (Fsp3) is 0.643. The van der Waals surface area contributed by atoms with Crippen molar-refractivity contribution >= 4 is 11.9 Å². The Morgan fingerprint density at radius 1 is 1.40 bits per heavy atom. The fourth-order valence-corrected chi connectivity index (χ4v) is 1.96. The van der Waals surface area contributed by atoms with Crippen molar-refractivity contribution in [3.8, 4) is 0 Å². The van der Waals surface area contributed by atoms with Crippen LogP contribution in [0, 0.1) is 0 Å². The van der Waals surface area contributed by atoms with Gasteiger partial charge in [-0.1, -0.05) is 0 Å². The van der Waals surface area contributed by atoms with Crippen LogP contribution in [0.5, 0.6) is 0 Å². The van der Waals surface area contributed by atoms with Crippen LogP contribution in [0.3, 0.4) is 0 Å². The van der Waals surface area contributed by atoms with E-state index in [1.54, 1.807) is 0 Å². The number of carbonyl (C=O) groups is 1. The number of anilines is 1. The Balaban J connectivity index is 1.86. The van der Waals surface area contributed by atoms with Crippen molar-refractivity contribution in [2.24, 2.45) is 0 Å². The van der Waals surface area contributed by atoms with Crippen molar-refractivity contribution in [2.75, 3.05) is 18.5 Å². The van der Waals surface area contributed by atoms with Gasteiger partial charge in [-0.15, -0.1) is 0 Å². The number of hydrogen-bond acceptors (Lipinski definition) is 5. The van der Waals surface area contributed by atoms with E-state index in [0.717, 1.165) is 19.4 Å². The number of aromatic nitrogens is 2. The smallest absolute Gasteiger partial charge is 0.254 e. The first-order valence-corrected chi connectivity index (χ1v) is 6.94. The van der Waals surface area contributed by atoms with Crippen LogP contribution in [-0.2, 0) is 4.74 Å². The first-order valence-electron chi connectivity index (χ1n) is 6.94. The Hall–Kier alpha value is -1.69. The van der Waals surface area contributed by atoms with E-state index in [4.69, 9.17) is 4.74 Å². The zero-order chi connectivity index (χ0) is 14.6. The Morgan fingerprint density at radius 3 is 2.65 bits per heavy atom. The molecule has 0 aromatic carbocycles. The van der Waals surface area contributed by atoms with Crippen molar-refractivity contribution in [3.05, 3.63) is 18.0 Å². The van der Waals surface area contributed by atoms with Crippen LogP contribution < -0.4 is 10.6 Å². The number of ether oxygens (including phenoxy) is 1. The fourth-order valence-electron chi connectivity index (χ4n) is 1.96. The standard InChI is InChI=1S/C14H22N4O2/c1-14(2,3)18-13-16-7-10(8-17-13)12(19)15-9-11-5-4-6-20-11/h7-8,11H,4-6,9H2,1-3H3,(H,15,19)(H,16,17,18). The Bertz CT molecular complexity index is 447. The third-order valence-electron chi connectivity index (χ3n) is 2.92. The predicted octanol–water partition coefficient (Wildman–Crippen LogP) is 1.60. The molecule has 1 aliphatic heterocycles. The van der Waals surface area contributed by atoms with Crippen molar-refractivity contribution in [1.82, 2.24) is 15.3 Å². The minimum absolute atomic E-state index is 0.108. The summed E-state index contributed by atoms with van der Waals surface area (Å²) in [5, 5.41) is 5.99. The summed E-state index contributed by atoms with van der Waals surface area (Å²) in [5.41, 5.74) is 0.353. The van der Waals surface area contributed by atoms with Crippen LogP contribution in [-0.4, -0.2) is 40.7 Å². The first-order chi connectivity index (χ1) is 9.44. The molecule has 1 aliphatic rings. The van der Waals surface area contributed by atoms with Gasteiger partial charge in [-0.2, -0.15) is 0 Å². The van der Waals surface area contributed by atoms with E-state index in [1.165, 1.54) is 12.4 Å². The average molecular weight is 278 g/mol. The number of hydrogen-bond donors (Lipinski definition) is 2. The van der Waals surface area contributed by atoms with Crippen LogP contribution >= 0.6 is 0 Å². The molecule has 1 amide bonds. The van der Waals surface area contributed by atoms with Gasteiger partial charge in [-0.3, -0.25) is 4.79 Å². The van der Waals surface area contributed by atoms with Gasteiger partial charge < -0.3 is 15.4 Å². The van der Waals surface area contributed by atoms with Crippen LogP contribution in [0.4, 0.5) is 5.95 Å². The molecule has 2 heterocycles. The molecular weight excluding hydrogens is 256 g/mol. The van der Waals surface area contributed by atoms with Crippen LogP contribution in [0.2, 0.25) is 0 Å². The SMILES string of the molecule is CC(C)(C)Nc1ncc(C(=O)NCC2CCCO2)cn1. The number of nitrogens with zero attached hydrogens (tertiary/aromatic N) is 2. The van der Waals surface area contributed by atoms with Crippen molar-refractivity contribution < 1.29 is 9.53 Å². The molecule has 1 fully saturated rings. The van der Waals surface area contributed by atoms with Crippen molar-refractivity contribution in [1.29, 1.82) is 0 Å². The molecule has 110 valence electrons. The van der Waals surface area contributed by atoms with E-state index in [2.05, 4.69) is 20.6 Å². The molecule has 0 aliphatic carbocycles. The summed E-state index contributed by atoms with van der Waals surface area (Å²) in [7, 11) is 0. The van der Waals surface area contributed by atoms with Crippen LogP contribution in [0.1, 0.15) is 44.0 Å². The van der Waals surface area contributed by atoms with Crippen molar-refractivity contribution in [3.63, 3.8) is 0 Å². The van der Waals surface area contributed by atoms with Gasteiger partial charge in [0.2, 0.25) is 5.95 Å². The molecule has 1 aromatic rings. The third-order valence-corrected chi connectivity index (χ3v) is 2.92. The number of carbonyl (C=O) groups excluding carboxylic acids is 1. The molecule has 6 nitrogen and oxygen atoms in total. The lowest BCUT2D eigenvalue weighted by molar-refractivity contribution is 0.0857. The molecule has 1 aromatic heterocycles.